The van der Waals surface area contributed by atoms with E-state index in [4.69, 9.17) is 0 Å². The fourth-order valence-corrected chi connectivity index (χ4v) is 4.98. The van der Waals surface area contributed by atoms with Crippen molar-refractivity contribution in [1.82, 2.24) is 9.80 Å². The predicted octanol–water partition coefficient (Wildman–Crippen LogP) is 7.37. The summed E-state index contributed by atoms with van der Waals surface area (Å²) in [6.07, 6.45) is 17.4. The lowest BCUT2D eigenvalue weighted by molar-refractivity contribution is 0.190. The van der Waals surface area contributed by atoms with E-state index in [0.717, 1.165) is 45.6 Å². The number of hydrogen-bond acceptors (Lipinski definition) is 3. The Morgan fingerprint density at radius 1 is 1.00 bits per heavy atom. The molecule has 1 saturated heterocycles. The first-order chi connectivity index (χ1) is 16.6. The van der Waals surface area contributed by atoms with E-state index in [9.17, 15) is 0 Å². The van der Waals surface area contributed by atoms with Crippen LogP contribution >= 0.6 is 0 Å². The molecule has 1 fully saturated rings. The molecule has 0 N–H and O–H groups in total. The predicted molar refractivity (Wildman–Crippen MR) is 153 cm³/mol. The van der Waals surface area contributed by atoms with Crippen molar-refractivity contribution in [2.75, 3.05) is 57.3 Å². The molecule has 1 aliphatic rings. The van der Waals surface area contributed by atoms with Crippen molar-refractivity contribution in [3.05, 3.63) is 60.7 Å². The second-order valence-electron chi connectivity index (χ2n) is 9.86. The van der Waals surface area contributed by atoms with Crippen LogP contribution in [0.25, 0.3) is 6.08 Å². The quantitative estimate of drug-likeness (QED) is 0.222. The standard InChI is InChI=1S/C31H51N3/c1-6-10-13-19-33(24-23-32-20-14-12-15-21-32)25-26-34(22-11-7-2)31-27-29(9-4)17-18-30(31)28(5)16-8-3/h7,9-10,13,17-18,27-28H,2,4,6,8,11-12,14-16,19-26H2,1,3,5H3/b13-10+. The Balaban J connectivity index is 2.17. The minimum absolute atomic E-state index is 0.563. The highest BCUT2D eigenvalue weighted by molar-refractivity contribution is 5.62. The molecular weight excluding hydrogens is 414 g/mol. The van der Waals surface area contributed by atoms with Crippen LogP contribution in [-0.4, -0.2) is 62.2 Å². The van der Waals surface area contributed by atoms with Crippen LogP contribution < -0.4 is 4.90 Å². The maximum absolute atomic E-state index is 4.03. The van der Waals surface area contributed by atoms with Gasteiger partial charge >= 0.3 is 0 Å². The average molecular weight is 466 g/mol. The summed E-state index contributed by atoms with van der Waals surface area (Å²) in [6, 6.07) is 6.92. The van der Waals surface area contributed by atoms with Gasteiger partial charge in [-0.3, -0.25) is 4.90 Å². The zero-order chi connectivity index (χ0) is 24.6. The van der Waals surface area contributed by atoms with E-state index in [1.165, 1.54) is 68.6 Å². The van der Waals surface area contributed by atoms with Crippen molar-refractivity contribution in [1.29, 1.82) is 0 Å². The fourth-order valence-electron chi connectivity index (χ4n) is 4.98. The molecule has 1 aromatic rings. The summed E-state index contributed by atoms with van der Waals surface area (Å²) in [4.78, 5) is 7.91. The maximum Gasteiger partial charge on any atom is 0.0408 e. The lowest BCUT2D eigenvalue weighted by Gasteiger charge is -2.33. The van der Waals surface area contributed by atoms with E-state index in [1.54, 1.807) is 0 Å². The lowest BCUT2D eigenvalue weighted by atomic mass is 9.93. The molecule has 0 aromatic heterocycles. The lowest BCUT2D eigenvalue weighted by Crippen LogP contribution is -2.41. The van der Waals surface area contributed by atoms with Gasteiger partial charge in [-0.1, -0.05) is 76.6 Å². The monoisotopic (exact) mass is 465 g/mol. The van der Waals surface area contributed by atoms with Gasteiger partial charge in [-0.25, -0.2) is 0 Å². The Labute approximate surface area is 211 Å². The number of nitrogens with zero attached hydrogens (tertiary/aromatic N) is 3. The van der Waals surface area contributed by atoms with Gasteiger partial charge in [0, 0.05) is 45.0 Å². The third-order valence-corrected chi connectivity index (χ3v) is 7.12. The van der Waals surface area contributed by atoms with Crippen LogP contribution in [0, 0.1) is 0 Å². The fraction of sp³-hybridized carbons (Fsp3) is 0.613. The van der Waals surface area contributed by atoms with Gasteiger partial charge in [0.2, 0.25) is 0 Å². The Morgan fingerprint density at radius 2 is 1.79 bits per heavy atom. The summed E-state index contributed by atoms with van der Waals surface area (Å²) in [5.41, 5.74) is 4.07. The van der Waals surface area contributed by atoms with Crippen LogP contribution in [0.4, 0.5) is 5.69 Å². The molecule has 3 nitrogen and oxygen atoms in total. The number of piperidine rings is 1. The van der Waals surface area contributed by atoms with Crippen molar-refractivity contribution < 1.29 is 0 Å². The van der Waals surface area contributed by atoms with E-state index in [0.29, 0.717) is 5.92 Å². The molecule has 3 heteroatoms. The largest absolute Gasteiger partial charge is 0.370 e. The minimum atomic E-state index is 0.563. The van der Waals surface area contributed by atoms with Crippen LogP contribution in [0.15, 0.2) is 49.6 Å². The third kappa shape index (κ3) is 9.80. The summed E-state index contributed by atoms with van der Waals surface area (Å²) < 4.78 is 0. The Bertz CT molecular complexity index is 732. The Morgan fingerprint density at radius 3 is 2.47 bits per heavy atom. The first kappa shape index (κ1) is 28.4. The Kier molecular flexibility index (Phi) is 14.0. The molecule has 190 valence electrons. The van der Waals surface area contributed by atoms with Gasteiger partial charge in [-0.05, 0) is 68.3 Å². The molecule has 1 unspecified atom stereocenters. The van der Waals surface area contributed by atoms with Gasteiger partial charge in [0.1, 0.15) is 0 Å². The molecule has 0 radical (unpaired) electrons. The molecule has 0 aliphatic carbocycles. The Hall–Kier alpha value is -1.84. The van der Waals surface area contributed by atoms with E-state index in [-0.39, 0.29) is 0 Å². The van der Waals surface area contributed by atoms with Gasteiger partial charge in [0.05, 0.1) is 0 Å². The maximum atomic E-state index is 4.03. The molecule has 0 bridgehead atoms. The van der Waals surface area contributed by atoms with Crippen LogP contribution in [0.5, 0.6) is 0 Å². The number of anilines is 1. The van der Waals surface area contributed by atoms with Crippen LogP contribution in [0.3, 0.4) is 0 Å². The molecule has 2 rings (SSSR count). The summed E-state index contributed by atoms with van der Waals surface area (Å²) in [7, 11) is 0. The first-order valence-electron chi connectivity index (χ1n) is 13.8. The molecule has 34 heavy (non-hydrogen) atoms. The smallest absolute Gasteiger partial charge is 0.0408 e. The molecule has 1 atom stereocenters. The van der Waals surface area contributed by atoms with Gasteiger partial charge in [0.15, 0.2) is 0 Å². The number of rotatable bonds is 17. The van der Waals surface area contributed by atoms with Crippen molar-refractivity contribution >= 4 is 11.8 Å². The van der Waals surface area contributed by atoms with Crippen molar-refractivity contribution in [3.8, 4) is 0 Å². The summed E-state index contributed by atoms with van der Waals surface area (Å²) in [6.45, 7) is 24.0. The van der Waals surface area contributed by atoms with E-state index < -0.39 is 0 Å². The van der Waals surface area contributed by atoms with Crippen LogP contribution in [0.2, 0.25) is 0 Å². The van der Waals surface area contributed by atoms with Crippen molar-refractivity contribution in [3.63, 3.8) is 0 Å². The first-order valence-corrected chi connectivity index (χ1v) is 13.8. The highest BCUT2D eigenvalue weighted by atomic mass is 15.2. The number of hydrogen-bond donors (Lipinski definition) is 0. The second kappa shape index (κ2) is 16.7. The molecule has 0 spiro atoms. The highest BCUT2D eigenvalue weighted by Crippen LogP contribution is 2.32. The average Bonchev–Trinajstić information content (AvgIpc) is 2.87. The van der Waals surface area contributed by atoms with Gasteiger partial charge < -0.3 is 9.80 Å². The van der Waals surface area contributed by atoms with E-state index >= 15 is 0 Å². The number of allylic oxidation sites excluding steroid dienone is 1. The topological polar surface area (TPSA) is 9.72 Å². The van der Waals surface area contributed by atoms with Crippen molar-refractivity contribution in [2.45, 2.75) is 71.6 Å². The molecular formula is C31H51N3. The molecule has 1 aliphatic heterocycles. The molecule has 0 amide bonds. The van der Waals surface area contributed by atoms with Crippen LogP contribution in [-0.2, 0) is 0 Å². The summed E-state index contributed by atoms with van der Waals surface area (Å²) >= 11 is 0. The molecule has 0 saturated carbocycles. The minimum Gasteiger partial charge on any atom is -0.370 e. The summed E-state index contributed by atoms with van der Waals surface area (Å²) in [5, 5.41) is 0. The number of likely N-dealkylation sites (tertiary alicyclic amines) is 1. The number of benzene rings is 1. The normalized spacial score (nSPS) is 15.6. The van der Waals surface area contributed by atoms with Gasteiger partial charge in [-0.2, -0.15) is 0 Å². The zero-order valence-electron chi connectivity index (χ0n) is 22.5. The van der Waals surface area contributed by atoms with Gasteiger partial charge in [-0.15, -0.1) is 6.58 Å². The second-order valence-corrected chi connectivity index (χ2v) is 9.86. The SMILES string of the molecule is C=CCCN(CCN(C/C=C/CC)CCN1CCCCC1)c1cc(C=C)ccc1C(C)CCC. The zero-order valence-corrected chi connectivity index (χ0v) is 22.5. The summed E-state index contributed by atoms with van der Waals surface area (Å²) in [5.74, 6) is 0.563. The third-order valence-electron chi connectivity index (χ3n) is 7.12. The van der Waals surface area contributed by atoms with Crippen molar-refractivity contribution in [2.24, 2.45) is 0 Å². The highest BCUT2D eigenvalue weighted by Gasteiger charge is 2.18. The van der Waals surface area contributed by atoms with Crippen LogP contribution in [0.1, 0.15) is 82.8 Å². The van der Waals surface area contributed by atoms with Gasteiger partial charge in [0.25, 0.3) is 0 Å². The van der Waals surface area contributed by atoms with E-state index in [1.807, 2.05) is 6.08 Å². The molecule has 1 heterocycles. The van der Waals surface area contributed by atoms with E-state index in [2.05, 4.69) is 85.1 Å². The molecule has 1 aromatic carbocycles.